The third kappa shape index (κ3) is 4.31. The highest BCUT2D eigenvalue weighted by atomic mass is 16.1. The van der Waals surface area contributed by atoms with Crippen molar-refractivity contribution >= 4 is 17.5 Å². The molecule has 2 N–H and O–H groups in total. The van der Waals surface area contributed by atoms with Crippen molar-refractivity contribution in [2.75, 3.05) is 17.2 Å². The van der Waals surface area contributed by atoms with Crippen LogP contribution in [-0.4, -0.2) is 27.4 Å². The van der Waals surface area contributed by atoms with Gasteiger partial charge in [-0.25, -0.2) is 15.0 Å². The molecule has 1 amide bonds. The monoisotopic (exact) mass is 271 g/mol. The van der Waals surface area contributed by atoms with Crippen molar-refractivity contribution < 1.29 is 4.79 Å². The van der Waals surface area contributed by atoms with Crippen LogP contribution in [0.15, 0.2) is 30.7 Å². The van der Waals surface area contributed by atoms with E-state index in [0.29, 0.717) is 18.8 Å². The predicted molar refractivity (Wildman–Crippen MR) is 77.5 cm³/mol. The van der Waals surface area contributed by atoms with Crippen LogP contribution in [0.4, 0.5) is 11.6 Å². The summed E-state index contributed by atoms with van der Waals surface area (Å²) in [7, 11) is 0. The lowest BCUT2D eigenvalue weighted by Gasteiger charge is -2.06. The number of aryl methyl sites for hydroxylation is 2. The molecule has 2 rings (SSSR count). The number of hydrogen-bond donors (Lipinski definition) is 2. The summed E-state index contributed by atoms with van der Waals surface area (Å²) in [6, 6.07) is 5.53. The molecule has 0 saturated heterocycles. The van der Waals surface area contributed by atoms with Crippen LogP contribution in [0.5, 0.6) is 0 Å². The van der Waals surface area contributed by atoms with Gasteiger partial charge in [0.25, 0.3) is 0 Å². The minimum atomic E-state index is -0.0837. The van der Waals surface area contributed by atoms with Crippen molar-refractivity contribution in [2.45, 2.75) is 20.3 Å². The molecule has 2 heterocycles. The molecule has 0 aromatic carbocycles. The molecule has 20 heavy (non-hydrogen) atoms. The Morgan fingerprint density at radius 3 is 2.70 bits per heavy atom. The van der Waals surface area contributed by atoms with Crippen molar-refractivity contribution in [3.63, 3.8) is 0 Å². The number of nitrogens with one attached hydrogen (secondary N) is 2. The van der Waals surface area contributed by atoms with E-state index >= 15 is 0 Å². The first-order valence-electron chi connectivity index (χ1n) is 6.38. The molecule has 2 aromatic heterocycles. The molecule has 0 fully saturated rings. The zero-order valence-corrected chi connectivity index (χ0v) is 11.6. The average molecular weight is 271 g/mol. The zero-order valence-electron chi connectivity index (χ0n) is 11.6. The van der Waals surface area contributed by atoms with Crippen molar-refractivity contribution in [1.29, 1.82) is 0 Å². The summed E-state index contributed by atoms with van der Waals surface area (Å²) in [6.07, 6.45) is 3.56. The normalized spacial score (nSPS) is 10.1. The molecule has 0 saturated carbocycles. The first-order valence-corrected chi connectivity index (χ1v) is 6.38. The molecular formula is C14H17N5O. The smallest absolute Gasteiger partial charge is 0.227 e. The fraction of sp³-hybridized carbons (Fsp3) is 0.286. The van der Waals surface area contributed by atoms with Gasteiger partial charge < -0.3 is 10.6 Å². The largest absolute Gasteiger partial charge is 0.369 e. The van der Waals surface area contributed by atoms with Gasteiger partial charge in [-0.15, -0.1) is 0 Å². The highest BCUT2D eigenvalue weighted by molar-refractivity contribution is 5.89. The number of aromatic nitrogens is 3. The lowest BCUT2D eigenvalue weighted by atomic mass is 10.3. The summed E-state index contributed by atoms with van der Waals surface area (Å²) in [6.45, 7) is 4.35. The first-order chi connectivity index (χ1) is 9.63. The summed E-state index contributed by atoms with van der Waals surface area (Å²) in [4.78, 5) is 23.9. The second kappa shape index (κ2) is 6.60. The number of carbonyl (C=O) groups excluding carboxylic acids is 1. The Kier molecular flexibility index (Phi) is 4.60. The average Bonchev–Trinajstić information content (AvgIpc) is 2.41. The summed E-state index contributed by atoms with van der Waals surface area (Å²) in [5.74, 6) is 1.21. The van der Waals surface area contributed by atoms with Crippen LogP contribution in [0.1, 0.15) is 17.7 Å². The van der Waals surface area contributed by atoms with Crippen molar-refractivity contribution in [2.24, 2.45) is 0 Å². The van der Waals surface area contributed by atoms with Gasteiger partial charge in [0.2, 0.25) is 5.91 Å². The van der Waals surface area contributed by atoms with E-state index in [1.165, 1.54) is 6.33 Å². The number of carbonyl (C=O) groups is 1. The second-order valence-corrected chi connectivity index (χ2v) is 4.49. The molecule has 0 atom stereocenters. The fourth-order valence-corrected chi connectivity index (χ4v) is 1.60. The van der Waals surface area contributed by atoms with Crippen LogP contribution < -0.4 is 10.6 Å². The fourth-order valence-electron chi connectivity index (χ4n) is 1.60. The molecule has 0 aliphatic heterocycles. The lowest BCUT2D eigenvalue weighted by Crippen LogP contribution is -2.17. The highest BCUT2D eigenvalue weighted by Crippen LogP contribution is 2.05. The van der Waals surface area contributed by atoms with Gasteiger partial charge in [0.05, 0.1) is 0 Å². The molecule has 0 aliphatic rings. The van der Waals surface area contributed by atoms with E-state index in [1.54, 1.807) is 12.3 Å². The Labute approximate surface area is 117 Å². The summed E-state index contributed by atoms with van der Waals surface area (Å²) < 4.78 is 0. The van der Waals surface area contributed by atoms with Gasteiger partial charge in [0.1, 0.15) is 18.0 Å². The van der Waals surface area contributed by atoms with Crippen LogP contribution in [0.2, 0.25) is 0 Å². The molecule has 104 valence electrons. The van der Waals surface area contributed by atoms with Gasteiger partial charge in [-0.05, 0) is 25.5 Å². The van der Waals surface area contributed by atoms with Gasteiger partial charge in [-0.3, -0.25) is 4.79 Å². The SMILES string of the molecule is Cc1ccc(NC(=O)CCNc2cc(C)ncn2)nc1. The Hall–Kier alpha value is -2.50. The van der Waals surface area contributed by atoms with E-state index in [2.05, 4.69) is 25.6 Å². The predicted octanol–water partition coefficient (Wildman–Crippen LogP) is 1.93. The Bertz CT molecular complexity index is 582. The summed E-state index contributed by atoms with van der Waals surface area (Å²) >= 11 is 0. The Morgan fingerprint density at radius 2 is 2.00 bits per heavy atom. The summed E-state index contributed by atoms with van der Waals surface area (Å²) in [5.41, 5.74) is 1.94. The minimum absolute atomic E-state index is 0.0837. The van der Waals surface area contributed by atoms with Crippen LogP contribution in [0, 0.1) is 13.8 Å². The number of amides is 1. The number of nitrogens with zero attached hydrogens (tertiary/aromatic N) is 3. The zero-order chi connectivity index (χ0) is 14.4. The quantitative estimate of drug-likeness (QED) is 0.868. The van der Waals surface area contributed by atoms with Crippen molar-refractivity contribution in [3.05, 3.63) is 42.0 Å². The first kappa shape index (κ1) is 13.9. The van der Waals surface area contributed by atoms with Crippen LogP contribution in [0.25, 0.3) is 0 Å². The number of anilines is 2. The molecule has 6 heteroatoms. The van der Waals surface area contributed by atoms with E-state index in [1.807, 2.05) is 26.0 Å². The lowest BCUT2D eigenvalue weighted by molar-refractivity contribution is -0.116. The van der Waals surface area contributed by atoms with Crippen molar-refractivity contribution in [1.82, 2.24) is 15.0 Å². The van der Waals surface area contributed by atoms with Crippen LogP contribution >= 0.6 is 0 Å². The molecule has 6 nitrogen and oxygen atoms in total. The molecule has 0 spiro atoms. The third-order valence-electron chi connectivity index (χ3n) is 2.64. The van der Waals surface area contributed by atoms with Crippen molar-refractivity contribution in [3.8, 4) is 0 Å². The van der Waals surface area contributed by atoms with E-state index in [0.717, 1.165) is 17.1 Å². The molecular weight excluding hydrogens is 254 g/mol. The minimum Gasteiger partial charge on any atom is -0.369 e. The maximum Gasteiger partial charge on any atom is 0.227 e. The van der Waals surface area contributed by atoms with Gasteiger partial charge in [0, 0.05) is 30.9 Å². The molecule has 0 radical (unpaired) electrons. The standard InChI is InChI=1S/C14H17N5O/c1-10-3-4-12(16-8-10)19-14(20)5-6-15-13-7-11(2)17-9-18-13/h3-4,7-9H,5-6H2,1-2H3,(H,15,17,18)(H,16,19,20). The van der Waals surface area contributed by atoms with E-state index < -0.39 is 0 Å². The molecule has 0 unspecified atom stereocenters. The van der Waals surface area contributed by atoms with Gasteiger partial charge in [0.15, 0.2) is 0 Å². The maximum absolute atomic E-state index is 11.7. The van der Waals surface area contributed by atoms with E-state index in [-0.39, 0.29) is 5.91 Å². The topological polar surface area (TPSA) is 79.8 Å². The third-order valence-corrected chi connectivity index (χ3v) is 2.64. The Balaban J connectivity index is 1.76. The second-order valence-electron chi connectivity index (χ2n) is 4.49. The number of rotatable bonds is 5. The molecule has 0 bridgehead atoms. The van der Waals surface area contributed by atoms with Gasteiger partial charge >= 0.3 is 0 Å². The van der Waals surface area contributed by atoms with E-state index in [9.17, 15) is 4.79 Å². The Morgan fingerprint density at radius 1 is 1.15 bits per heavy atom. The van der Waals surface area contributed by atoms with Crippen LogP contribution in [0.3, 0.4) is 0 Å². The summed E-state index contributed by atoms with van der Waals surface area (Å²) in [5, 5.41) is 5.82. The molecule has 2 aromatic rings. The highest BCUT2D eigenvalue weighted by Gasteiger charge is 2.03. The van der Waals surface area contributed by atoms with E-state index in [4.69, 9.17) is 0 Å². The van der Waals surface area contributed by atoms with Gasteiger partial charge in [-0.1, -0.05) is 6.07 Å². The number of pyridine rings is 1. The molecule has 0 aliphatic carbocycles. The van der Waals surface area contributed by atoms with Gasteiger partial charge in [-0.2, -0.15) is 0 Å². The maximum atomic E-state index is 11.7. The number of hydrogen-bond acceptors (Lipinski definition) is 5. The van der Waals surface area contributed by atoms with Crippen LogP contribution in [-0.2, 0) is 4.79 Å².